The molecular formula is C14H18ClNO2. The standard InChI is InChI=1S/C14H18ClNO2/c1-9-7-13(18-2)12(15)8-11(9)5-6-16-14(17)10-3-4-10/h7-8,10H,3-6H2,1-2H3,(H,16,17). The Morgan fingerprint density at radius 2 is 2.22 bits per heavy atom. The first kappa shape index (κ1) is 13.2. The minimum Gasteiger partial charge on any atom is -0.495 e. The van der Waals surface area contributed by atoms with Gasteiger partial charge in [-0.25, -0.2) is 0 Å². The number of carbonyl (C=O) groups excluding carboxylic acids is 1. The molecular weight excluding hydrogens is 250 g/mol. The number of methoxy groups -OCH3 is 1. The highest BCUT2D eigenvalue weighted by Crippen LogP contribution is 2.29. The second kappa shape index (κ2) is 5.61. The minimum absolute atomic E-state index is 0.187. The Morgan fingerprint density at radius 3 is 2.83 bits per heavy atom. The molecule has 1 aliphatic carbocycles. The predicted octanol–water partition coefficient (Wildman–Crippen LogP) is 2.73. The van der Waals surface area contributed by atoms with Crippen molar-refractivity contribution in [2.75, 3.05) is 13.7 Å². The van der Waals surface area contributed by atoms with Crippen molar-refractivity contribution in [2.24, 2.45) is 5.92 Å². The monoisotopic (exact) mass is 267 g/mol. The van der Waals surface area contributed by atoms with Crippen LogP contribution in [0.25, 0.3) is 0 Å². The average Bonchev–Trinajstić information content (AvgIpc) is 3.17. The highest BCUT2D eigenvalue weighted by atomic mass is 35.5. The fourth-order valence-corrected chi connectivity index (χ4v) is 2.20. The van der Waals surface area contributed by atoms with E-state index in [-0.39, 0.29) is 11.8 Å². The molecule has 1 aromatic carbocycles. The van der Waals surface area contributed by atoms with Crippen molar-refractivity contribution in [3.05, 3.63) is 28.3 Å². The van der Waals surface area contributed by atoms with E-state index in [1.165, 1.54) is 0 Å². The molecule has 0 aliphatic heterocycles. The van der Waals surface area contributed by atoms with Gasteiger partial charge in [-0.15, -0.1) is 0 Å². The fourth-order valence-electron chi connectivity index (χ4n) is 1.93. The molecule has 0 spiro atoms. The van der Waals surface area contributed by atoms with Gasteiger partial charge in [0.25, 0.3) is 0 Å². The van der Waals surface area contributed by atoms with Crippen LogP contribution in [0.1, 0.15) is 24.0 Å². The maximum Gasteiger partial charge on any atom is 0.223 e. The Hall–Kier alpha value is -1.22. The Kier molecular flexibility index (Phi) is 4.12. The lowest BCUT2D eigenvalue weighted by molar-refractivity contribution is -0.122. The SMILES string of the molecule is COc1cc(C)c(CCNC(=O)C2CC2)cc1Cl. The van der Waals surface area contributed by atoms with Crippen molar-refractivity contribution in [1.82, 2.24) is 5.32 Å². The molecule has 1 saturated carbocycles. The highest BCUT2D eigenvalue weighted by molar-refractivity contribution is 6.32. The van der Waals surface area contributed by atoms with Gasteiger partial charge < -0.3 is 10.1 Å². The number of ether oxygens (including phenoxy) is 1. The van der Waals surface area contributed by atoms with Gasteiger partial charge in [-0.1, -0.05) is 11.6 Å². The number of carbonyl (C=O) groups is 1. The highest BCUT2D eigenvalue weighted by Gasteiger charge is 2.29. The summed E-state index contributed by atoms with van der Waals surface area (Å²) in [5.41, 5.74) is 2.29. The van der Waals surface area contributed by atoms with Crippen LogP contribution >= 0.6 is 11.6 Å². The zero-order valence-electron chi connectivity index (χ0n) is 10.8. The van der Waals surface area contributed by atoms with E-state index in [0.29, 0.717) is 17.3 Å². The van der Waals surface area contributed by atoms with E-state index in [1.807, 2.05) is 19.1 Å². The van der Waals surface area contributed by atoms with E-state index >= 15 is 0 Å². The number of halogens is 1. The summed E-state index contributed by atoms with van der Waals surface area (Å²) in [6.07, 6.45) is 2.88. The molecule has 1 N–H and O–H groups in total. The average molecular weight is 268 g/mol. The number of benzene rings is 1. The Bertz CT molecular complexity index is 455. The number of rotatable bonds is 5. The third kappa shape index (κ3) is 3.16. The van der Waals surface area contributed by atoms with Crippen LogP contribution in [0.15, 0.2) is 12.1 Å². The molecule has 3 nitrogen and oxygen atoms in total. The van der Waals surface area contributed by atoms with Gasteiger partial charge in [0.05, 0.1) is 12.1 Å². The molecule has 0 bridgehead atoms. The molecule has 0 atom stereocenters. The summed E-state index contributed by atoms with van der Waals surface area (Å²) in [7, 11) is 1.61. The van der Waals surface area contributed by atoms with Gasteiger partial charge in [-0.05, 0) is 49.4 Å². The topological polar surface area (TPSA) is 38.3 Å². The molecule has 1 amide bonds. The summed E-state index contributed by atoms with van der Waals surface area (Å²) in [4.78, 5) is 11.5. The first-order valence-electron chi connectivity index (χ1n) is 6.22. The maximum atomic E-state index is 11.5. The van der Waals surface area contributed by atoms with E-state index in [0.717, 1.165) is 30.4 Å². The first-order chi connectivity index (χ1) is 8.61. The van der Waals surface area contributed by atoms with Crippen molar-refractivity contribution in [3.63, 3.8) is 0 Å². The molecule has 2 rings (SSSR count). The third-order valence-electron chi connectivity index (χ3n) is 3.25. The van der Waals surface area contributed by atoms with Crippen molar-refractivity contribution >= 4 is 17.5 Å². The summed E-state index contributed by atoms with van der Waals surface area (Å²) >= 11 is 6.09. The smallest absolute Gasteiger partial charge is 0.223 e. The predicted molar refractivity (Wildman–Crippen MR) is 72.2 cm³/mol. The third-order valence-corrected chi connectivity index (χ3v) is 3.55. The largest absolute Gasteiger partial charge is 0.495 e. The van der Waals surface area contributed by atoms with Crippen molar-refractivity contribution in [2.45, 2.75) is 26.2 Å². The lowest BCUT2D eigenvalue weighted by atomic mass is 10.1. The quantitative estimate of drug-likeness (QED) is 0.891. The molecule has 4 heteroatoms. The van der Waals surface area contributed by atoms with Gasteiger partial charge in [0.1, 0.15) is 5.75 Å². The van der Waals surface area contributed by atoms with Crippen LogP contribution in [0.5, 0.6) is 5.75 Å². The second-order valence-corrected chi connectivity index (χ2v) is 5.14. The zero-order chi connectivity index (χ0) is 13.1. The number of aryl methyl sites for hydroxylation is 1. The van der Waals surface area contributed by atoms with Crippen LogP contribution in [0.2, 0.25) is 5.02 Å². The molecule has 0 heterocycles. The Labute approximate surface area is 112 Å². The first-order valence-corrected chi connectivity index (χ1v) is 6.60. The Morgan fingerprint density at radius 1 is 1.50 bits per heavy atom. The summed E-state index contributed by atoms with van der Waals surface area (Å²) in [6.45, 7) is 2.69. The number of hydrogen-bond donors (Lipinski definition) is 1. The molecule has 0 aromatic heterocycles. The molecule has 0 radical (unpaired) electrons. The van der Waals surface area contributed by atoms with Gasteiger partial charge in [-0.2, -0.15) is 0 Å². The van der Waals surface area contributed by atoms with Crippen LogP contribution in [0, 0.1) is 12.8 Å². The van der Waals surface area contributed by atoms with E-state index in [2.05, 4.69) is 5.32 Å². The molecule has 98 valence electrons. The summed E-state index contributed by atoms with van der Waals surface area (Å²) in [5.74, 6) is 1.15. The molecule has 1 aliphatic rings. The van der Waals surface area contributed by atoms with Gasteiger partial charge in [0.2, 0.25) is 5.91 Å². The molecule has 18 heavy (non-hydrogen) atoms. The van der Waals surface area contributed by atoms with E-state index in [4.69, 9.17) is 16.3 Å². The van der Waals surface area contributed by atoms with Crippen LogP contribution < -0.4 is 10.1 Å². The number of amides is 1. The number of nitrogens with one attached hydrogen (secondary N) is 1. The fraction of sp³-hybridized carbons (Fsp3) is 0.500. The normalized spacial score (nSPS) is 14.4. The van der Waals surface area contributed by atoms with Crippen molar-refractivity contribution in [1.29, 1.82) is 0 Å². The van der Waals surface area contributed by atoms with Crippen LogP contribution in [0.4, 0.5) is 0 Å². The van der Waals surface area contributed by atoms with E-state index in [9.17, 15) is 4.79 Å². The van der Waals surface area contributed by atoms with E-state index in [1.54, 1.807) is 7.11 Å². The molecule has 1 aromatic rings. The lowest BCUT2D eigenvalue weighted by Gasteiger charge is -2.10. The second-order valence-electron chi connectivity index (χ2n) is 4.73. The van der Waals surface area contributed by atoms with Crippen LogP contribution in [-0.4, -0.2) is 19.6 Å². The van der Waals surface area contributed by atoms with Gasteiger partial charge >= 0.3 is 0 Å². The van der Waals surface area contributed by atoms with Crippen LogP contribution in [-0.2, 0) is 11.2 Å². The zero-order valence-corrected chi connectivity index (χ0v) is 11.5. The summed E-state index contributed by atoms with van der Waals surface area (Å²) in [6, 6.07) is 3.85. The van der Waals surface area contributed by atoms with Gasteiger partial charge in [0.15, 0.2) is 0 Å². The van der Waals surface area contributed by atoms with Crippen molar-refractivity contribution < 1.29 is 9.53 Å². The van der Waals surface area contributed by atoms with E-state index < -0.39 is 0 Å². The minimum atomic E-state index is 0.187. The van der Waals surface area contributed by atoms with Gasteiger partial charge in [0, 0.05) is 12.5 Å². The van der Waals surface area contributed by atoms with Crippen molar-refractivity contribution in [3.8, 4) is 5.75 Å². The van der Waals surface area contributed by atoms with Gasteiger partial charge in [-0.3, -0.25) is 4.79 Å². The summed E-state index contributed by atoms with van der Waals surface area (Å²) in [5, 5.41) is 3.57. The molecule has 1 fully saturated rings. The lowest BCUT2D eigenvalue weighted by Crippen LogP contribution is -2.27. The molecule has 0 saturated heterocycles. The number of hydrogen-bond acceptors (Lipinski definition) is 2. The summed E-state index contributed by atoms with van der Waals surface area (Å²) < 4.78 is 5.16. The Balaban J connectivity index is 1.92. The van der Waals surface area contributed by atoms with Crippen LogP contribution in [0.3, 0.4) is 0 Å². The molecule has 0 unspecified atom stereocenters. The maximum absolute atomic E-state index is 11.5.